The first-order chi connectivity index (χ1) is 12.5. The Hall–Kier alpha value is -2.21. The summed E-state index contributed by atoms with van der Waals surface area (Å²) in [6, 6.07) is 9.61. The predicted octanol–water partition coefficient (Wildman–Crippen LogP) is 3.07. The van der Waals surface area contributed by atoms with Crippen LogP contribution in [0.5, 0.6) is 5.75 Å². The molecule has 0 fully saturated rings. The van der Waals surface area contributed by atoms with Gasteiger partial charge in [0, 0.05) is 14.2 Å². The summed E-state index contributed by atoms with van der Waals surface area (Å²) in [5.41, 5.74) is 4.10. The molecule has 5 nitrogen and oxygen atoms in total. The lowest BCUT2D eigenvalue weighted by atomic mass is 9.87. The van der Waals surface area contributed by atoms with Gasteiger partial charge in [0.15, 0.2) is 0 Å². The van der Waals surface area contributed by atoms with Crippen LogP contribution in [0.15, 0.2) is 30.3 Å². The predicted molar refractivity (Wildman–Crippen MR) is 98.7 cm³/mol. The van der Waals surface area contributed by atoms with E-state index in [1.54, 1.807) is 14.2 Å². The fourth-order valence-electron chi connectivity index (χ4n) is 3.76. The van der Waals surface area contributed by atoms with E-state index in [4.69, 9.17) is 14.2 Å². The van der Waals surface area contributed by atoms with Crippen molar-refractivity contribution in [3.05, 3.63) is 52.6 Å². The van der Waals surface area contributed by atoms with E-state index in [-0.39, 0.29) is 25.6 Å². The minimum Gasteiger partial charge on any atom is -0.473 e. The molecule has 26 heavy (non-hydrogen) atoms. The van der Waals surface area contributed by atoms with E-state index in [0.717, 1.165) is 27.8 Å². The van der Waals surface area contributed by atoms with Crippen molar-refractivity contribution in [2.45, 2.75) is 26.1 Å². The van der Waals surface area contributed by atoms with Crippen molar-refractivity contribution in [1.29, 1.82) is 0 Å². The smallest absolute Gasteiger partial charge is 0.217 e. The lowest BCUT2D eigenvalue weighted by Gasteiger charge is -2.25. The summed E-state index contributed by atoms with van der Waals surface area (Å²) >= 11 is 0. The minimum absolute atomic E-state index is 0.0241. The first-order valence-electron chi connectivity index (χ1n) is 8.53. The number of ether oxygens (including phenoxy) is 3. The molecule has 1 N–H and O–H groups in total. The zero-order chi connectivity index (χ0) is 18.9. The van der Waals surface area contributed by atoms with Gasteiger partial charge >= 0.3 is 0 Å². The highest BCUT2D eigenvalue weighted by molar-refractivity contribution is 6.10. The number of hydrogen-bond donors (Lipinski definition) is 1. The highest BCUT2D eigenvalue weighted by Gasteiger charge is 2.49. The van der Waals surface area contributed by atoms with Crippen LogP contribution in [0.4, 0.5) is 0 Å². The molecule has 2 aromatic rings. The molecule has 0 aromatic heterocycles. The third-order valence-corrected chi connectivity index (χ3v) is 4.84. The summed E-state index contributed by atoms with van der Waals surface area (Å²) in [6.07, 6.45) is 0. The topological polar surface area (TPSA) is 65.0 Å². The average Bonchev–Trinajstić information content (AvgIpc) is 2.87. The van der Waals surface area contributed by atoms with Crippen molar-refractivity contribution in [1.82, 2.24) is 0 Å². The number of carbonyl (C=O) groups is 1. The molecule has 0 unspecified atom stereocenters. The number of fused-ring (bicyclic) bond motifs is 1. The van der Waals surface area contributed by atoms with Crippen LogP contribution in [0.3, 0.4) is 0 Å². The van der Waals surface area contributed by atoms with Crippen molar-refractivity contribution in [3.63, 3.8) is 0 Å². The number of Topliss-reactive ketones (excluding diaryl/α,β-unsaturated/α-hetero) is 1. The van der Waals surface area contributed by atoms with Crippen LogP contribution >= 0.6 is 0 Å². The van der Waals surface area contributed by atoms with Gasteiger partial charge in [-0.25, -0.2) is 0 Å². The second kappa shape index (κ2) is 7.19. The van der Waals surface area contributed by atoms with E-state index in [1.807, 2.05) is 44.2 Å². The minimum atomic E-state index is -1.14. The molecule has 1 heterocycles. The molecule has 5 heteroatoms. The van der Waals surface area contributed by atoms with Gasteiger partial charge in [0.05, 0.1) is 25.4 Å². The Morgan fingerprint density at radius 2 is 1.77 bits per heavy atom. The van der Waals surface area contributed by atoms with Gasteiger partial charge in [0.25, 0.3) is 0 Å². The van der Waals surface area contributed by atoms with Gasteiger partial charge < -0.3 is 19.3 Å². The van der Waals surface area contributed by atoms with Gasteiger partial charge in [-0.2, -0.15) is 0 Å². The molecular formula is C21H24O5. The van der Waals surface area contributed by atoms with Gasteiger partial charge in [-0.15, -0.1) is 0 Å². The first kappa shape index (κ1) is 18.6. The van der Waals surface area contributed by atoms with E-state index in [9.17, 15) is 9.90 Å². The molecule has 0 spiro atoms. The molecule has 0 atom stereocenters. The second-order valence-corrected chi connectivity index (χ2v) is 6.72. The molecule has 2 aromatic carbocycles. The maximum atomic E-state index is 13.2. The molecule has 1 aliphatic rings. The third kappa shape index (κ3) is 2.92. The average molecular weight is 356 g/mol. The zero-order valence-corrected chi connectivity index (χ0v) is 15.6. The number of carbonyl (C=O) groups excluding carboxylic acids is 1. The van der Waals surface area contributed by atoms with E-state index in [1.165, 1.54) is 0 Å². The zero-order valence-electron chi connectivity index (χ0n) is 15.6. The normalized spacial score (nSPS) is 15.0. The molecule has 0 saturated carbocycles. The molecule has 1 aliphatic heterocycles. The van der Waals surface area contributed by atoms with Gasteiger partial charge in [0.1, 0.15) is 5.75 Å². The van der Waals surface area contributed by atoms with Crippen LogP contribution in [0, 0.1) is 13.8 Å². The Morgan fingerprint density at radius 3 is 2.38 bits per heavy atom. The summed E-state index contributed by atoms with van der Waals surface area (Å²) in [7, 11) is 3.09. The molecule has 0 amide bonds. The Bertz CT molecular complexity index is 835. The number of aliphatic hydroxyl groups excluding tert-OH is 1. The highest BCUT2D eigenvalue weighted by atomic mass is 16.6. The largest absolute Gasteiger partial charge is 0.473 e. The summed E-state index contributed by atoms with van der Waals surface area (Å²) in [4.78, 5) is 13.2. The quantitative estimate of drug-likeness (QED) is 0.862. The maximum Gasteiger partial charge on any atom is 0.217 e. The fourth-order valence-corrected chi connectivity index (χ4v) is 3.76. The number of aliphatic hydroxyl groups is 1. The monoisotopic (exact) mass is 356 g/mol. The number of methoxy groups -OCH3 is 2. The highest BCUT2D eigenvalue weighted by Crippen LogP contribution is 2.43. The van der Waals surface area contributed by atoms with Crippen molar-refractivity contribution in [2.75, 3.05) is 27.4 Å². The molecule has 0 bridgehead atoms. The third-order valence-electron chi connectivity index (χ3n) is 4.84. The summed E-state index contributed by atoms with van der Waals surface area (Å²) in [5.74, 6) is 0.453. The van der Waals surface area contributed by atoms with Crippen molar-refractivity contribution in [2.24, 2.45) is 0 Å². The van der Waals surface area contributed by atoms with Crippen LogP contribution < -0.4 is 4.74 Å². The van der Waals surface area contributed by atoms with Crippen molar-refractivity contribution >= 4 is 5.78 Å². The number of ketones is 1. The van der Waals surface area contributed by atoms with E-state index in [2.05, 4.69) is 0 Å². The number of aryl methyl sites for hydroxylation is 1. The first-order valence-corrected chi connectivity index (χ1v) is 8.53. The van der Waals surface area contributed by atoms with E-state index >= 15 is 0 Å². The molecule has 0 radical (unpaired) electrons. The Balaban J connectivity index is 2.15. The van der Waals surface area contributed by atoms with Crippen LogP contribution in [0.25, 0.3) is 11.1 Å². The Labute approximate surface area is 153 Å². The molecular weight excluding hydrogens is 332 g/mol. The van der Waals surface area contributed by atoms with Crippen LogP contribution in [0.2, 0.25) is 0 Å². The fraction of sp³-hybridized carbons (Fsp3) is 0.381. The Morgan fingerprint density at radius 1 is 1.08 bits per heavy atom. The lowest BCUT2D eigenvalue weighted by molar-refractivity contribution is -0.0299. The van der Waals surface area contributed by atoms with E-state index < -0.39 is 5.60 Å². The Kier molecular flexibility index (Phi) is 5.14. The summed E-state index contributed by atoms with van der Waals surface area (Å²) in [5, 5.41) is 9.43. The lowest BCUT2D eigenvalue weighted by Crippen LogP contribution is -2.48. The maximum absolute atomic E-state index is 13.2. The van der Waals surface area contributed by atoms with Crippen molar-refractivity contribution < 1.29 is 24.1 Å². The molecule has 3 rings (SSSR count). The molecule has 0 aliphatic carbocycles. The summed E-state index contributed by atoms with van der Waals surface area (Å²) in [6.45, 7) is 4.16. The number of hydrogen-bond acceptors (Lipinski definition) is 5. The standard InChI is InChI=1S/C21H24O5/c1-13-8-17-19(20(23)21(26-17,11-24-3)12-25-4)14(2)18(13)16-7-5-6-15(9-16)10-22/h5-9,22H,10-12H2,1-4H3. The number of benzene rings is 2. The van der Waals surface area contributed by atoms with Gasteiger partial charge in [0.2, 0.25) is 11.4 Å². The van der Waals surface area contributed by atoms with Crippen LogP contribution in [0.1, 0.15) is 27.0 Å². The van der Waals surface area contributed by atoms with Crippen molar-refractivity contribution in [3.8, 4) is 16.9 Å². The summed E-state index contributed by atoms with van der Waals surface area (Å²) < 4.78 is 16.5. The number of rotatable bonds is 6. The van der Waals surface area contributed by atoms with Crippen LogP contribution in [-0.2, 0) is 16.1 Å². The SMILES string of the molecule is COCC1(COC)Oc2cc(C)c(-c3cccc(CO)c3)c(C)c2C1=O. The van der Waals surface area contributed by atoms with Crippen LogP contribution in [-0.4, -0.2) is 43.9 Å². The van der Waals surface area contributed by atoms with Gasteiger partial charge in [-0.05, 0) is 53.8 Å². The second-order valence-electron chi connectivity index (χ2n) is 6.72. The molecule has 0 saturated heterocycles. The van der Waals surface area contributed by atoms with Gasteiger partial charge in [-0.1, -0.05) is 18.2 Å². The van der Waals surface area contributed by atoms with E-state index in [0.29, 0.717) is 11.3 Å². The van der Waals surface area contributed by atoms with Gasteiger partial charge in [-0.3, -0.25) is 4.79 Å². The molecule has 138 valence electrons.